The third-order valence-corrected chi connectivity index (χ3v) is 4.08. The van der Waals surface area contributed by atoms with Gasteiger partial charge in [-0.15, -0.1) is 10.2 Å². The summed E-state index contributed by atoms with van der Waals surface area (Å²) in [6.45, 7) is 0.911. The Morgan fingerprint density at radius 2 is 2.04 bits per heavy atom. The molecule has 1 aromatic heterocycles. The number of aromatic nitrogens is 3. The fraction of sp³-hybridized carbons (Fsp3) is 0.438. The van der Waals surface area contributed by atoms with Gasteiger partial charge in [-0.05, 0) is 31.0 Å². The number of nitrogens with zero attached hydrogens (tertiary/aromatic N) is 4. The van der Waals surface area contributed by atoms with Crippen LogP contribution in [0.1, 0.15) is 42.0 Å². The minimum atomic E-state index is -4.49. The van der Waals surface area contributed by atoms with E-state index in [0.29, 0.717) is 5.82 Å². The quantitative estimate of drug-likeness (QED) is 0.932. The Bertz CT molecular complexity index is 773. The molecule has 1 aliphatic heterocycles. The number of halogens is 3. The molecule has 0 spiro atoms. The maximum atomic E-state index is 13.1. The van der Waals surface area contributed by atoms with E-state index in [1.807, 2.05) is 10.6 Å². The minimum Gasteiger partial charge on any atom is -0.377 e. The number of alkyl halides is 3. The molecule has 0 fully saturated rings. The van der Waals surface area contributed by atoms with Crippen molar-refractivity contribution in [2.24, 2.45) is 0 Å². The van der Waals surface area contributed by atoms with Gasteiger partial charge in [0, 0.05) is 18.7 Å². The zero-order valence-corrected chi connectivity index (χ0v) is 12.9. The first kappa shape index (κ1) is 16.3. The lowest BCUT2D eigenvalue weighted by molar-refractivity contribution is -0.137. The Balaban J connectivity index is 1.84. The van der Waals surface area contributed by atoms with Gasteiger partial charge < -0.3 is 9.88 Å². The molecule has 0 radical (unpaired) electrons. The summed E-state index contributed by atoms with van der Waals surface area (Å²) >= 11 is 0. The van der Waals surface area contributed by atoms with E-state index in [-0.39, 0.29) is 17.8 Å². The van der Waals surface area contributed by atoms with Gasteiger partial charge in [0.15, 0.2) is 5.82 Å². The Morgan fingerprint density at radius 3 is 2.79 bits per heavy atom. The van der Waals surface area contributed by atoms with E-state index in [0.717, 1.165) is 50.2 Å². The van der Waals surface area contributed by atoms with Gasteiger partial charge in [-0.3, -0.25) is 0 Å². The van der Waals surface area contributed by atoms with Crippen LogP contribution in [0, 0.1) is 11.3 Å². The van der Waals surface area contributed by atoms with Crippen molar-refractivity contribution in [2.45, 2.75) is 44.9 Å². The zero-order valence-electron chi connectivity index (χ0n) is 12.9. The van der Waals surface area contributed by atoms with Crippen molar-refractivity contribution in [3.05, 3.63) is 41.0 Å². The van der Waals surface area contributed by atoms with Gasteiger partial charge in [-0.1, -0.05) is 6.42 Å². The van der Waals surface area contributed by atoms with Crippen LogP contribution in [-0.2, 0) is 25.7 Å². The molecule has 0 saturated carbocycles. The number of fused-ring (bicyclic) bond motifs is 1. The van der Waals surface area contributed by atoms with Crippen LogP contribution in [0.5, 0.6) is 0 Å². The summed E-state index contributed by atoms with van der Waals surface area (Å²) in [5.41, 5.74) is -0.741. The van der Waals surface area contributed by atoms with Gasteiger partial charge in [0.1, 0.15) is 5.82 Å². The highest BCUT2D eigenvalue weighted by Gasteiger charge is 2.33. The van der Waals surface area contributed by atoms with E-state index in [4.69, 9.17) is 5.26 Å². The second kappa shape index (κ2) is 6.51. The van der Waals surface area contributed by atoms with Gasteiger partial charge in [0.05, 0.1) is 23.7 Å². The standard InChI is InChI=1S/C16H16F3N5/c17-16(18,19)12-6-5-11(9-20)8-13(12)21-10-15-23-22-14-4-2-1-3-7-24(14)15/h5-6,8,21H,1-4,7,10H2. The van der Waals surface area contributed by atoms with Crippen LogP contribution in [0.2, 0.25) is 0 Å². The van der Waals surface area contributed by atoms with Gasteiger partial charge in [0.2, 0.25) is 0 Å². The van der Waals surface area contributed by atoms with Crippen molar-refractivity contribution in [1.29, 1.82) is 5.26 Å². The summed E-state index contributed by atoms with van der Waals surface area (Å²) < 4.78 is 41.3. The van der Waals surface area contributed by atoms with Gasteiger partial charge in [0.25, 0.3) is 0 Å². The molecule has 2 heterocycles. The summed E-state index contributed by atoms with van der Waals surface area (Å²) in [5, 5.41) is 19.9. The molecule has 8 heteroatoms. The molecule has 1 N–H and O–H groups in total. The Labute approximate surface area is 137 Å². The largest absolute Gasteiger partial charge is 0.418 e. The summed E-state index contributed by atoms with van der Waals surface area (Å²) in [6, 6.07) is 5.15. The van der Waals surface area contributed by atoms with Crippen molar-refractivity contribution >= 4 is 5.69 Å². The van der Waals surface area contributed by atoms with Crippen LogP contribution in [0.15, 0.2) is 18.2 Å². The molecule has 0 bridgehead atoms. The number of anilines is 1. The topological polar surface area (TPSA) is 66.5 Å². The Hall–Kier alpha value is -2.56. The maximum Gasteiger partial charge on any atom is 0.418 e. The normalized spacial score (nSPS) is 14.6. The van der Waals surface area contributed by atoms with Crippen LogP contribution in [-0.4, -0.2) is 14.8 Å². The number of aryl methyl sites for hydroxylation is 1. The zero-order chi connectivity index (χ0) is 17.2. The highest BCUT2D eigenvalue weighted by atomic mass is 19.4. The van der Waals surface area contributed by atoms with E-state index in [1.165, 1.54) is 6.07 Å². The molecule has 0 saturated heterocycles. The summed E-state index contributed by atoms with van der Waals surface area (Å²) in [7, 11) is 0. The maximum absolute atomic E-state index is 13.1. The third kappa shape index (κ3) is 3.35. The van der Waals surface area contributed by atoms with Crippen molar-refractivity contribution in [1.82, 2.24) is 14.8 Å². The molecule has 126 valence electrons. The van der Waals surface area contributed by atoms with E-state index in [1.54, 1.807) is 0 Å². The number of hydrogen-bond donors (Lipinski definition) is 1. The lowest BCUT2D eigenvalue weighted by Gasteiger charge is -2.15. The molecule has 3 rings (SSSR count). The van der Waals surface area contributed by atoms with E-state index in [2.05, 4.69) is 15.5 Å². The lowest BCUT2D eigenvalue weighted by Crippen LogP contribution is -2.14. The third-order valence-electron chi connectivity index (χ3n) is 4.08. The lowest BCUT2D eigenvalue weighted by atomic mass is 10.1. The van der Waals surface area contributed by atoms with Crippen molar-refractivity contribution in [2.75, 3.05) is 5.32 Å². The van der Waals surface area contributed by atoms with E-state index >= 15 is 0 Å². The average Bonchev–Trinajstić information content (AvgIpc) is 2.78. The van der Waals surface area contributed by atoms with Crippen LogP contribution >= 0.6 is 0 Å². The molecule has 1 aliphatic rings. The summed E-state index contributed by atoms with van der Waals surface area (Å²) in [5.74, 6) is 1.49. The van der Waals surface area contributed by atoms with Crippen molar-refractivity contribution < 1.29 is 13.2 Å². The highest BCUT2D eigenvalue weighted by Crippen LogP contribution is 2.35. The van der Waals surface area contributed by atoms with Crippen LogP contribution in [0.4, 0.5) is 18.9 Å². The molecular formula is C16H16F3N5. The van der Waals surface area contributed by atoms with Crippen LogP contribution < -0.4 is 5.32 Å². The Kier molecular flexibility index (Phi) is 4.42. The Morgan fingerprint density at radius 1 is 1.21 bits per heavy atom. The SMILES string of the molecule is N#Cc1ccc(C(F)(F)F)c(NCc2nnc3n2CCCCC3)c1. The second-order valence-corrected chi connectivity index (χ2v) is 5.72. The molecule has 5 nitrogen and oxygen atoms in total. The molecule has 0 atom stereocenters. The summed E-state index contributed by atoms with van der Waals surface area (Å²) in [4.78, 5) is 0. The molecule has 24 heavy (non-hydrogen) atoms. The molecule has 2 aromatic rings. The van der Waals surface area contributed by atoms with Crippen LogP contribution in [0.3, 0.4) is 0 Å². The monoisotopic (exact) mass is 335 g/mol. The fourth-order valence-electron chi connectivity index (χ4n) is 2.86. The van der Waals surface area contributed by atoms with Crippen LogP contribution in [0.25, 0.3) is 0 Å². The van der Waals surface area contributed by atoms with Crippen molar-refractivity contribution in [3.8, 4) is 6.07 Å². The minimum absolute atomic E-state index is 0.118. The molecule has 1 aromatic carbocycles. The second-order valence-electron chi connectivity index (χ2n) is 5.72. The van der Waals surface area contributed by atoms with Gasteiger partial charge in [-0.25, -0.2) is 0 Å². The first-order chi connectivity index (χ1) is 11.5. The average molecular weight is 335 g/mol. The number of nitrogens with one attached hydrogen (secondary N) is 1. The van der Waals surface area contributed by atoms with Crippen molar-refractivity contribution in [3.63, 3.8) is 0 Å². The molecule has 0 aliphatic carbocycles. The smallest absolute Gasteiger partial charge is 0.377 e. The molecular weight excluding hydrogens is 319 g/mol. The number of nitriles is 1. The summed E-state index contributed by atoms with van der Waals surface area (Å²) in [6.07, 6.45) is -0.481. The highest BCUT2D eigenvalue weighted by molar-refractivity contribution is 5.57. The predicted molar refractivity (Wildman–Crippen MR) is 81.1 cm³/mol. The molecule has 0 unspecified atom stereocenters. The first-order valence-corrected chi connectivity index (χ1v) is 7.75. The number of benzene rings is 1. The van der Waals surface area contributed by atoms with Gasteiger partial charge >= 0.3 is 6.18 Å². The predicted octanol–water partition coefficient (Wildman–Crippen LogP) is 3.51. The van der Waals surface area contributed by atoms with E-state index in [9.17, 15) is 13.2 Å². The number of hydrogen-bond acceptors (Lipinski definition) is 4. The number of rotatable bonds is 3. The fourth-order valence-corrected chi connectivity index (χ4v) is 2.86. The first-order valence-electron chi connectivity index (χ1n) is 7.75. The molecule has 0 amide bonds. The van der Waals surface area contributed by atoms with E-state index < -0.39 is 11.7 Å². The van der Waals surface area contributed by atoms with Gasteiger partial charge in [-0.2, -0.15) is 18.4 Å².